The van der Waals surface area contributed by atoms with Crippen LogP contribution in [0.25, 0.3) is 0 Å². The molecule has 0 spiro atoms. The molecule has 0 N–H and O–H groups in total. The molecule has 3 rings (SSSR count). The maximum Gasteiger partial charge on any atom is 0.261 e. The molecule has 24 heavy (non-hydrogen) atoms. The number of halogens is 1. The van der Waals surface area contributed by atoms with Gasteiger partial charge in [0.2, 0.25) is 0 Å². The van der Waals surface area contributed by atoms with Crippen LogP contribution in [-0.2, 0) is 11.3 Å². The van der Waals surface area contributed by atoms with Gasteiger partial charge in [-0.2, -0.15) is 5.10 Å². The first-order chi connectivity index (χ1) is 11.5. The number of anilines is 1. The molecule has 1 saturated heterocycles. The van der Waals surface area contributed by atoms with Crippen molar-refractivity contribution in [2.45, 2.75) is 45.9 Å². The second-order valence-electron chi connectivity index (χ2n) is 6.13. The minimum atomic E-state index is -0.0723. The van der Waals surface area contributed by atoms with E-state index in [2.05, 4.69) is 5.10 Å². The van der Waals surface area contributed by atoms with Gasteiger partial charge in [0.1, 0.15) is 0 Å². The lowest BCUT2D eigenvalue weighted by Gasteiger charge is -2.31. The Morgan fingerprint density at radius 1 is 1.50 bits per heavy atom. The molecule has 1 fully saturated rings. The van der Waals surface area contributed by atoms with Gasteiger partial charge in [-0.25, -0.2) is 0 Å². The van der Waals surface area contributed by atoms with E-state index in [9.17, 15) is 4.79 Å². The van der Waals surface area contributed by atoms with E-state index >= 15 is 0 Å². The zero-order valence-electron chi connectivity index (χ0n) is 14.2. The fraction of sp³-hybridized carbons (Fsp3) is 0.444. The highest BCUT2D eigenvalue weighted by Crippen LogP contribution is 2.30. The number of nitrogens with zero attached hydrogens (tertiary/aromatic N) is 3. The first kappa shape index (κ1) is 17.0. The van der Waals surface area contributed by atoms with Gasteiger partial charge >= 0.3 is 0 Å². The molecule has 2 aromatic rings. The predicted molar refractivity (Wildman–Crippen MR) is 94.7 cm³/mol. The summed E-state index contributed by atoms with van der Waals surface area (Å²) in [5, 5.41) is 4.87. The average molecular weight is 348 g/mol. The lowest BCUT2D eigenvalue weighted by atomic mass is 10.1. The molecule has 2 atom stereocenters. The first-order valence-corrected chi connectivity index (χ1v) is 8.62. The molecule has 1 aliphatic heterocycles. The number of carbonyl (C=O) groups is 1. The van der Waals surface area contributed by atoms with E-state index in [0.717, 1.165) is 24.2 Å². The maximum atomic E-state index is 13.2. The fourth-order valence-electron chi connectivity index (χ4n) is 3.04. The molecule has 0 saturated carbocycles. The summed E-state index contributed by atoms with van der Waals surface area (Å²) >= 11 is 6.29. The van der Waals surface area contributed by atoms with Gasteiger partial charge in [0.25, 0.3) is 5.91 Å². The van der Waals surface area contributed by atoms with Crippen LogP contribution in [0.2, 0.25) is 5.02 Å². The van der Waals surface area contributed by atoms with E-state index in [-0.39, 0.29) is 18.1 Å². The Bertz CT molecular complexity index is 744. The molecule has 0 unspecified atom stereocenters. The lowest BCUT2D eigenvalue weighted by molar-refractivity contribution is 0.0925. The molecule has 0 bridgehead atoms. The summed E-state index contributed by atoms with van der Waals surface area (Å²) in [6.07, 6.45) is 4.19. The Hall–Kier alpha value is -1.85. The lowest BCUT2D eigenvalue weighted by Crippen LogP contribution is -2.44. The van der Waals surface area contributed by atoms with Crippen LogP contribution in [-0.4, -0.2) is 34.4 Å². The number of rotatable bonds is 4. The van der Waals surface area contributed by atoms with E-state index in [0.29, 0.717) is 17.2 Å². The van der Waals surface area contributed by atoms with Crippen molar-refractivity contribution in [1.82, 2.24) is 9.78 Å². The molecule has 1 amide bonds. The number of hydrogen-bond donors (Lipinski definition) is 0. The minimum Gasteiger partial charge on any atom is -0.376 e. The highest BCUT2D eigenvalue weighted by atomic mass is 35.5. The monoisotopic (exact) mass is 347 g/mol. The standard InChI is InChI=1S/C18H22ClN3O2/c1-4-21-11-14(10-20-21)18(23)22(17-7-8-24-13(17)3)15-6-5-12(2)16(19)9-15/h5-6,9-11,13,17H,4,7-8H2,1-3H3/t13-,17-/m1/s1. The van der Waals surface area contributed by atoms with Crippen molar-refractivity contribution in [3.8, 4) is 0 Å². The van der Waals surface area contributed by atoms with Crippen LogP contribution < -0.4 is 4.90 Å². The van der Waals surface area contributed by atoms with Gasteiger partial charge in [-0.15, -0.1) is 0 Å². The summed E-state index contributed by atoms with van der Waals surface area (Å²) in [7, 11) is 0. The van der Waals surface area contributed by atoms with E-state index in [1.807, 2.05) is 39.0 Å². The fourth-order valence-corrected chi connectivity index (χ4v) is 3.21. The van der Waals surface area contributed by atoms with Gasteiger partial charge in [-0.05, 0) is 44.9 Å². The van der Waals surface area contributed by atoms with Crippen LogP contribution in [0.5, 0.6) is 0 Å². The molecule has 1 aromatic heterocycles. The normalized spacial score (nSPS) is 20.3. The third kappa shape index (κ3) is 3.19. The van der Waals surface area contributed by atoms with E-state index in [4.69, 9.17) is 16.3 Å². The molecule has 0 radical (unpaired) electrons. The highest BCUT2D eigenvalue weighted by molar-refractivity contribution is 6.31. The molecule has 1 aromatic carbocycles. The van der Waals surface area contributed by atoms with Crippen molar-refractivity contribution < 1.29 is 9.53 Å². The van der Waals surface area contributed by atoms with Crippen LogP contribution >= 0.6 is 11.6 Å². The smallest absolute Gasteiger partial charge is 0.261 e. The summed E-state index contributed by atoms with van der Waals surface area (Å²) in [5.74, 6) is -0.0723. The van der Waals surface area contributed by atoms with Gasteiger partial charge in [0.15, 0.2) is 0 Å². The average Bonchev–Trinajstić information content (AvgIpc) is 3.20. The molecule has 1 aliphatic rings. The van der Waals surface area contributed by atoms with Crippen molar-refractivity contribution in [3.05, 3.63) is 46.7 Å². The molecular weight excluding hydrogens is 326 g/mol. The number of benzene rings is 1. The SMILES string of the molecule is CCn1cc(C(=O)N(c2ccc(C)c(Cl)c2)[C@@H]2CCO[C@@H]2C)cn1. The minimum absolute atomic E-state index is 0.0127. The largest absolute Gasteiger partial charge is 0.376 e. The number of amides is 1. The third-order valence-electron chi connectivity index (χ3n) is 4.52. The van der Waals surface area contributed by atoms with Crippen LogP contribution in [0.15, 0.2) is 30.6 Å². The van der Waals surface area contributed by atoms with Crippen molar-refractivity contribution in [3.63, 3.8) is 0 Å². The van der Waals surface area contributed by atoms with Crippen LogP contribution in [0.3, 0.4) is 0 Å². The zero-order valence-corrected chi connectivity index (χ0v) is 15.0. The molecule has 0 aliphatic carbocycles. The maximum absolute atomic E-state index is 13.2. The molecule has 6 heteroatoms. The van der Waals surface area contributed by atoms with Gasteiger partial charge in [-0.3, -0.25) is 9.48 Å². The highest BCUT2D eigenvalue weighted by Gasteiger charge is 2.35. The number of hydrogen-bond acceptors (Lipinski definition) is 3. The summed E-state index contributed by atoms with van der Waals surface area (Å²) in [6, 6.07) is 5.72. The van der Waals surface area contributed by atoms with Crippen molar-refractivity contribution in [1.29, 1.82) is 0 Å². The van der Waals surface area contributed by atoms with Gasteiger partial charge in [0, 0.05) is 30.1 Å². The molecule has 5 nitrogen and oxygen atoms in total. The van der Waals surface area contributed by atoms with Crippen LogP contribution in [0, 0.1) is 6.92 Å². The van der Waals surface area contributed by atoms with Gasteiger partial charge in [0.05, 0.1) is 23.9 Å². The van der Waals surface area contributed by atoms with Crippen LogP contribution in [0.4, 0.5) is 5.69 Å². The molecular formula is C18H22ClN3O2. The molecule has 2 heterocycles. The quantitative estimate of drug-likeness (QED) is 0.847. The Morgan fingerprint density at radius 3 is 2.88 bits per heavy atom. The molecule has 128 valence electrons. The first-order valence-electron chi connectivity index (χ1n) is 8.25. The number of aromatic nitrogens is 2. The van der Waals surface area contributed by atoms with Crippen molar-refractivity contribution in [2.75, 3.05) is 11.5 Å². The number of aryl methyl sites for hydroxylation is 2. The van der Waals surface area contributed by atoms with E-state index in [1.54, 1.807) is 22.0 Å². The number of ether oxygens (including phenoxy) is 1. The van der Waals surface area contributed by atoms with Crippen molar-refractivity contribution >= 4 is 23.2 Å². The van der Waals surface area contributed by atoms with Crippen LogP contribution in [0.1, 0.15) is 36.2 Å². The van der Waals surface area contributed by atoms with E-state index < -0.39 is 0 Å². The third-order valence-corrected chi connectivity index (χ3v) is 4.93. The van der Waals surface area contributed by atoms with Gasteiger partial charge in [-0.1, -0.05) is 17.7 Å². The van der Waals surface area contributed by atoms with Crippen molar-refractivity contribution in [2.24, 2.45) is 0 Å². The zero-order chi connectivity index (χ0) is 17.3. The Labute approximate surface area is 147 Å². The van der Waals surface area contributed by atoms with E-state index in [1.165, 1.54) is 0 Å². The second-order valence-corrected chi connectivity index (χ2v) is 6.53. The summed E-state index contributed by atoms with van der Waals surface area (Å²) < 4.78 is 7.44. The van der Waals surface area contributed by atoms with Gasteiger partial charge < -0.3 is 9.64 Å². The summed E-state index contributed by atoms with van der Waals surface area (Å²) in [4.78, 5) is 15.0. The summed E-state index contributed by atoms with van der Waals surface area (Å²) in [6.45, 7) is 7.33. The Morgan fingerprint density at radius 2 is 2.29 bits per heavy atom. The topological polar surface area (TPSA) is 47.4 Å². The Kier molecular flexibility index (Phi) is 4.92. The Balaban J connectivity index is 2.00. The summed E-state index contributed by atoms with van der Waals surface area (Å²) in [5.41, 5.74) is 2.36. The predicted octanol–water partition coefficient (Wildman–Crippen LogP) is 3.69. The second kappa shape index (κ2) is 6.95. The number of carbonyl (C=O) groups excluding carboxylic acids is 1.